The molecule has 0 heterocycles. The summed E-state index contributed by atoms with van der Waals surface area (Å²) in [7, 11) is 0. The monoisotopic (exact) mass is 340 g/mol. The number of rotatable bonds is 4. The second-order valence-corrected chi connectivity index (χ2v) is 5.68. The number of hydrogen-bond donors (Lipinski definition) is 0. The van der Waals surface area contributed by atoms with Crippen LogP contribution in [0.15, 0.2) is 42.5 Å². The number of ether oxygens (including phenoxy) is 1. The van der Waals surface area contributed by atoms with Crippen LogP contribution in [0.25, 0.3) is 0 Å². The van der Waals surface area contributed by atoms with E-state index in [-0.39, 0.29) is 10.9 Å². The van der Waals surface area contributed by atoms with E-state index >= 15 is 0 Å². The smallest absolute Gasteiger partial charge is 0.130 e. The SMILES string of the molecule is CC(C)Oc1ccc(C(Br)c2ccc(F)cc2F)cc1. The van der Waals surface area contributed by atoms with Gasteiger partial charge >= 0.3 is 0 Å². The molecule has 0 radical (unpaired) electrons. The highest BCUT2D eigenvalue weighted by Gasteiger charge is 2.15. The van der Waals surface area contributed by atoms with Crippen molar-refractivity contribution in [2.45, 2.75) is 24.8 Å². The zero-order valence-electron chi connectivity index (χ0n) is 11.2. The standard InChI is InChI=1S/C16H15BrF2O/c1-10(2)20-13-6-3-11(4-7-13)16(17)14-8-5-12(18)9-15(14)19/h3-10,16H,1-2H3. The van der Waals surface area contributed by atoms with E-state index in [0.29, 0.717) is 5.56 Å². The van der Waals surface area contributed by atoms with Crippen LogP contribution in [0.5, 0.6) is 5.75 Å². The number of hydrogen-bond acceptors (Lipinski definition) is 1. The third-order valence-electron chi connectivity index (χ3n) is 2.78. The molecule has 0 fully saturated rings. The summed E-state index contributed by atoms with van der Waals surface area (Å²) in [5.74, 6) is -0.371. The van der Waals surface area contributed by atoms with Crippen LogP contribution < -0.4 is 4.74 Å². The van der Waals surface area contributed by atoms with Crippen molar-refractivity contribution >= 4 is 15.9 Å². The van der Waals surface area contributed by atoms with Gasteiger partial charge in [0, 0.05) is 11.6 Å². The molecule has 2 rings (SSSR count). The van der Waals surface area contributed by atoms with Gasteiger partial charge in [-0.15, -0.1) is 0 Å². The molecule has 1 unspecified atom stereocenters. The Morgan fingerprint density at radius 3 is 2.20 bits per heavy atom. The molecule has 0 amide bonds. The summed E-state index contributed by atoms with van der Waals surface area (Å²) in [5.41, 5.74) is 1.29. The Balaban J connectivity index is 2.22. The van der Waals surface area contributed by atoms with Crippen LogP contribution in [-0.2, 0) is 0 Å². The maximum Gasteiger partial charge on any atom is 0.130 e. The van der Waals surface area contributed by atoms with Crippen LogP contribution in [0.2, 0.25) is 0 Å². The largest absolute Gasteiger partial charge is 0.491 e. The lowest BCUT2D eigenvalue weighted by molar-refractivity contribution is 0.242. The Morgan fingerprint density at radius 1 is 1.00 bits per heavy atom. The van der Waals surface area contributed by atoms with Gasteiger partial charge in [0.25, 0.3) is 0 Å². The van der Waals surface area contributed by atoms with Gasteiger partial charge in [0.05, 0.1) is 10.9 Å². The highest BCUT2D eigenvalue weighted by Crippen LogP contribution is 2.33. The molecule has 0 bridgehead atoms. The summed E-state index contributed by atoms with van der Waals surface area (Å²) in [4.78, 5) is -0.323. The maximum atomic E-state index is 13.7. The zero-order valence-corrected chi connectivity index (χ0v) is 12.8. The highest BCUT2D eigenvalue weighted by molar-refractivity contribution is 9.09. The maximum absolute atomic E-state index is 13.7. The molecule has 0 spiro atoms. The lowest BCUT2D eigenvalue weighted by atomic mass is 10.0. The molecule has 20 heavy (non-hydrogen) atoms. The van der Waals surface area contributed by atoms with E-state index in [4.69, 9.17) is 4.74 Å². The summed E-state index contributed by atoms with van der Waals surface area (Å²) < 4.78 is 32.2. The van der Waals surface area contributed by atoms with Crippen LogP contribution >= 0.6 is 15.9 Å². The van der Waals surface area contributed by atoms with Crippen LogP contribution in [0.3, 0.4) is 0 Å². The Morgan fingerprint density at radius 2 is 1.65 bits per heavy atom. The predicted octanol–water partition coefficient (Wildman–Crippen LogP) is 5.24. The van der Waals surface area contributed by atoms with E-state index in [0.717, 1.165) is 17.4 Å². The fourth-order valence-electron chi connectivity index (χ4n) is 1.87. The van der Waals surface area contributed by atoms with Crippen molar-refractivity contribution in [2.24, 2.45) is 0 Å². The second-order valence-electron chi connectivity index (χ2n) is 4.76. The first-order chi connectivity index (χ1) is 9.47. The minimum atomic E-state index is -0.577. The highest BCUT2D eigenvalue weighted by atomic mass is 79.9. The fraction of sp³-hybridized carbons (Fsp3) is 0.250. The number of alkyl halides is 1. The number of benzene rings is 2. The van der Waals surface area contributed by atoms with Gasteiger partial charge in [0.15, 0.2) is 0 Å². The van der Waals surface area contributed by atoms with E-state index in [2.05, 4.69) is 15.9 Å². The summed E-state index contributed by atoms with van der Waals surface area (Å²) >= 11 is 3.44. The molecule has 1 atom stereocenters. The van der Waals surface area contributed by atoms with Crippen molar-refractivity contribution in [1.82, 2.24) is 0 Å². The quantitative estimate of drug-likeness (QED) is 0.692. The van der Waals surface area contributed by atoms with Crippen molar-refractivity contribution < 1.29 is 13.5 Å². The zero-order chi connectivity index (χ0) is 14.7. The lowest BCUT2D eigenvalue weighted by Crippen LogP contribution is -2.05. The molecule has 0 aromatic heterocycles. The predicted molar refractivity (Wildman–Crippen MR) is 79.3 cm³/mol. The van der Waals surface area contributed by atoms with Gasteiger partial charge in [0.2, 0.25) is 0 Å². The lowest BCUT2D eigenvalue weighted by Gasteiger charge is -2.14. The van der Waals surface area contributed by atoms with Crippen LogP contribution in [0.4, 0.5) is 8.78 Å². The molecule has 106 valence electrons. The van der Waals surface area contributed by atoms with Gasteiger partial charge in [-0.1, -0.05) is 34.1 Å². The second kappa shape index (κ2) is 6.35. The molecule has 0 saturated heterocycles. The molecule has 2 aromatic rings. The van der Waals surface area contributed by atoms with E-state index in [1.54, 1.807) is 0 Å². The first-order valence-corrected chi connectivity index (χ1v) is 7.24. The van der Waals surface area contributed by atoms with Gasteiger partial charge in [-0.2, -0.15) is 0 Å². The van der Waals surface area contributed by atoms with Gasteiger partial charge in [-0.25, -0.2) is 8.78 Å². The van der Waals surface area contributed by atoms with Crippen molar-refractivity contribution in [3.05, 3.63) is 65.2 Å². The molecule has 0 aliphatic carbocycles. The van der Waals surface area contributed by atoms with Gasteiger partial charge in [-0.3, -0.25) is 0 Å². The van der Waals surface area contributed by atoms with Crippen molar-refractivity contribution in [3.63, 3.8) is 0 Å². The summed E-state index contributed by atoms with van der Waals surface area (Å²) in [5, 5.41) is 0. The van der Waals surface area contributed by atoms with Gasteiger partial charge in [-0.05, 0) is 37.6 Å². The van der Waals surface area contributed by atoms with Crippen LogP contribution in [0.1, 0.15) is 29.8 Å². The fourth-order valence-corrected chi connectivity index (χ4v) is 2.55. The molecule has 4 heteroatoms. The van der Waals surface area contributed by atoms with E-state index < -0.39 is 11.6 Å². The van der Waals surface area contributed by atoms with Crippen molar-refractivity contribution in [1.29, 1.82) is 0 Å². The van der Waals surface area contributed by atoms with E-state index in [9.17, 15) is 8.78 Å². The molecule has 0 aliphatic heterocycles. The molecule has 1 nitrogen and oxygen atoms in total. The Hall–Kier alpha value is -1.42. The van der Waals surface area contributed by atoms with E-state index in [1.807, 2.05) is 38.1 Å². The molecule has 0 aliphatic rings. The molecule has 0 N–H and O–H groups in total. The van der Waals surface area contributed by atoms with Crippen molar-refractivity contribution in [3.8, 4) is 5.75 Å². The van der Waals surface area contributed by atoms with Gasteiger partial charge < -0.3 is 4.74 Å². The van der Waals surface area contributed by atoms with Crippen LogP contribution in [0, 0.1) is 11.6 Å². The summed E-state index contributed by atoms with van der Waals surface area (Å²) in [6, 6.07) is 11.0. The van der Waals surface area contributed by atoms with Crippen LogP contribution in [-0.4, -0.2) is 6.10 Å². The molecule has 2 aromatic carbocycles. The average molecular weight is 341 g/mol. The molecular formula is C16H15BrF2O. The molecular weight excluding hydrogens is 326 g/mol. The first kappa shape index (κ1) is 15.0. The summed E-state index contributed by atoms with van der Waals surface area (Å²) in [6.07, 6.45) is 0.107. The van der Waals surface area contributed by atoms with E-state index in [1.165, 1.54) is 12.1 Å². The summed E-state index contributed by atoms with van der Waals surface area (Å²) in [6.45, 7) is 3.91. The Labute approximate surface area is 125 Å². The minimum absolute atomic E-state index is 0.107. The van der Waals surface area contributed by atoms with Gasteiger partial charge in [0.1, 0.15) is 17.4 Å². The third kappa shape index (κ3) is 3.57. The molecule has 0 saturated carbocycles. The minimum Gasteiger partial charge on any atom is -0.491 e. The normalized spacial score (nSPS) is 12.5. The first-order valence-electron chi connectivity index (χ1n) is 6.33. The third-order valence-corrected chi connectivity index (χ3v) is 3.80. The van der Waals surface area contributed by atoms with Crippen molar-refractivity contribution in [2.75, 3.05) is 0 Å². The number of halogens is 3. The average Bonchev–Trinajstić information content (AvgIpc) is 2.38. The topological polar surface area (TPSA) is 9.23 Å². The Bertz CT molecular complexity index is 582. The Kier molecular flexibility index (Phi) is 4.76.